The Balaban J connectivity index is 1.51. The van der Waals surface area contributed by atoms with Gasteiger partial charge >= 0.3 is 0 Å². The van der Waals surface area contributed by atoms with Crippen LogP contribution in [-0.2, 0) is 10.0 Å². The van der Waals surface area contributed by atoms with Crippen LogP contribution in [0.2, 0.25) is 5.02 Å². The van der Waals surface area contributed by atoms with Gasteiger partial charge in [0, 0.05) is 11.1 Å². The van der Waals surface area contributed by atoms with Crippen molar-refractivity contribution in [2.45, 2.75) is 50.0 Å². The molecule has 1 N–H and O–H groups in total. The van der Waals surface area contributed by atoms with Gasteiger partial charge in [-0.15, -0.1) is 0 Å². The number of rotatable bonds is 4. The summed E-state index contributed by atoms with van der Waals surface area (Å²) in [5, 5.41) is 0.554. The Bertz CT molecular complexity index is 657. The molecule has 0 unspecified atom stereocenters. The average molecular weight is 354 g/mol. The first-order valence-corrected chi connectivity index (χ1v) is 10.6. The second-order valence-electron chi connectivity index (χ2n) is 7.87. The highest BCUT2D eigenvalue weighted by Crippen LogP contribution is 2.57. The minimum atomic E-state index is -3.47. The number of hydrogen-bond donors (Lipinski definition) is 1. The highest BCUT2D eigenvalue weighted by molar-refractivity contribution is 7.89. The number of sulfonamides is 1. The van der Waals surface area contributed by atoms with Gasteiger partial charge in [-0.2, -0.15) is 0 Å². The molecule has 0 aromatic heterocycles. The maximum Gasteiger partial charge on any atom is 0.240 e. The van der Waals surface area contributed by atoms with Gasteiger partial charge in [0.15, 0.2) is 0 Å². The predicted molar refractivity (Wildman–Crippen MR) is 91.8 cm³/mol. The molecule has 4 saturated carbocycles. The van der Waals surface area contributed by atoms with E-state index >= 15 is 0 Å². The fourth-order valence-corrected chi connectivity index (χ4v) is 7.19. The molecular formula is C18H24ClNO2S. The van der Waals surface area contributed by atoms with Crippen LogP contribution in [0.25, 0.3) is 0 Å². The highest BCUT2D eigenvalue weighted by Gasteiger charge is 2.50. The van der Waals surface area contributed by atoms with Crippen LogP contribution in [0.3, 0.4) is 0 Å². The molecule has 4 bridgehead atoms. The molecule has 3 nitrogen and oxygen atoms in total. The van der Waals surface area contributed by atoms with Gasteiger partial charge in [0.2, 0.25) is 10.0 Å². The number of hydrogen-bond acceptors (Lipinski definition) is 2. The van der Waals surface area contributed by atoms with E-state index in [1.807, 2.05) is 0 Å². The lowest BCUT2D eigenvalue weighted by Crippen LogP contribution is -2.52. The fraction of sp³-hybridized carbons (Fsp3) is 0.667. The van der Waals surface area contributed by atoms with Crippen molar-refractivity contribution in [3.63, 3.8) is 0 Å². The van der Waals surface area contributed by atoms with Gasteiger partial charge < -0.3 is 0 Å². The molecule has 1 aromatic carbocycles. The fourth-order valence-electron chi connectivity index (χ4n) is 5.79. The van der Waals surface area contributed by atoms with Gasteiger partial charge in [0.05, 0.1) is 4.90 Å². The molecule has 0 saturated heterocycles. The molecule has 4 fully saturated rings. The monoisotopic (exact) mass is 353 g/mol. The molecule has 0 radical (unpaired) electrons. The zero-order chi connectivity index (χ0) is 16.2. The van der Waals surface area contributed by atoms with Crippen molar-refractivity contribution in [2.24, 2.45) is 29.6 Å². The van der Waals surface area contributed by atoms with E-state index in [2.05, 4.69) is 11.6 Å². The molecule has 4 aliphatic carbocycles. The molecular weight excluding hydrogens is 330 g/mol. The van der Waals surface area contributed by atoms with Crippen molar-refractivity contribution in [3.05, 3.63) is 29.3 Å². The van der Waals surface area contributed by atoms with Crippen LogP contribution in [0.5, 0.6) is 0 Å². The van der Waals surface area contributed by atoms with Crippen LogP contribution in [0.1, 0.15) is 39.0 Å². The average Bonchev–Trinajstić information content (AvgIpc) is 2.45. The first kappa shape index (κ1) is 15.9. The van der Waals surface area contributed by atoms with Crippen molar-refractivity contribution in [2.75, 3.05) is 0 Å². The summed E-state index contributed by atoms with van der Waals surface area (Å²) in [6, 6.07) is 6.42. The molecule has 0 heterocycles. The summed E-state index contributed by atoms with van der Waals surface area (Å²) in [7, 11) is -3.47. The van der Waals surface area contributed by atoms with Crippen molar-refractivity contribution < 1.29 is 8.42 Å². The maximum absolute atomic E-state index is 12.6. The summed E-state index contributed by atoms with van der Waals surface area (Å²) >= 11 is 5.86. The van der Waals surface area contributed by atoms with Crippen LogP contribution >= 0.6 is 11.6 Å². The Morgan fingerprint density at radius 1 is 1.00 bits per heavy atom. The number of nitrogens with one attached hydrogen (secondary N) is 1. The van der Waals surface area contributed by atoms with Crippen molar-refractivity contribution in [3.8, 4) is 0 Å². The zero-order valence-electron chi connectivity index (χ0n) is 13.4. The van der Waals surface area contributed by atoms with Crippen molar-refractivity contribution >= 4 is 21.6 Å². The van der Waals surface area contributed by atoms with Crippen LogP contribution in [0, 0.1) is 29.6 Å². The molecule has 0 amide bonds. The lowest BCUT2D eigenvalue weighted by molar-refractivity contribution is -0.0463. The Morgan fingerprint density at radius 2 is 1.52 bits per heavy atom. The summed E-state index contributed by atoms with van der Waals surface area (Å²) in [4.78, 5) is 0.303. The van der Waals surface area contributed by atoms with Gasteiger partial charge in [-0.3, -0.25) is 0 Å². The first-order valence-electron chi connectivity index (χ1n) is 8.70. The van der Waals surface area contributed by atoms with Crippen LogP contribution in [0.4, 0.5) is 0 Å². The molecule has 23 heavy (non-hydrogen) atoms. The largest absolute Gasteiger partial charge is 0.240 e. The normalized spacial score (nSPS) is 37.0. The number of benzene rings is 1. The molecule has 4 aliphatic rings. The topological polar surface area (TPSA) is 46.2 Å². The van der Waals surface area contributed by atoms with E-state index in [-0.39, 0.29) is 6.04 Å². The van der Waals surface area contributed by atoms with Crippen LogP contribution in [-0.4, -0.2) is 14.5 Å². The zero-order valence-corrected chi connectivity index (χ0v) is 15.0. The minimum absolute atomic E-state index is 0.00526. The highest BCUT2D eigenvalue weighted by atomic mass is 35.5. The predicted octanol–water partition coefficient (Wildman–Crippen LogP) is 4.08. The van der Waals surface area contributed by atoms with Crippen molar-refractivity contribution in [1.29, 1.82) is 0 Å². The third-order valence-electron chi connectivity index (χ3n) is 6.34. The van der Waals surface area contributed by atoms with Gasteiger partial charge in [0.1, 0.15) is 0 Å². The van der Waals surface area contributed by atoms with Gasteiger partial charge in [-0.1, -0.05) is 11.6 Å². The maximum atomic E-state index is 12.6. The Morgan fingerprint density at radius 3 is 2.04 bits per heavy atom. The molecule has 5 rings (SSSR count). The minimum Gasteiger partial charge on any atom is -0.208 e. The summed E-state index contributed by atoms with van der Waals surface area (Å²) in [5.74, 6) is 3.76. The van der Waals surface area contributed by atoms with E-state index in [4.69, 9.17) is 11.6 Å². The Kier molecular flexibility index (Phi) is 3.98. The molecule has 1 aromatic rings. The SMILES string of the molecule is C[C@@H](NS(=O)(=O)c1ccc(Cl)cc1)C1C2CC3CC(C2)CC1C3. The van der Waals surface area contributed by atoms with E-state index in [0.717, 1.165) is 11.8 Å². The lowest BCUT2D eigenvalue weighted by Gasteiger charge is -2.56. The van der Waals surface area contributed by atoms with E-state index in [1.54, 1.807) is 24.3 Å². The summed E-state index contributed by atoms with van der Waals surface area (Å²) in [6.07, 6.45) is 6.66. The first-order chi connectivity index (χ1) is 10.9. The molecule has 0 aliphatic heterocycles. The van der Waals surface area contributed by atoms with Crippen LogP contribution in [0.15, 0.2) is 29.2 Å². The Hall–Kier alpha value is -0.580. The van der Waals surface area contributed by atoms with Gasteiger partial charge in [-0.05, 0) is 92.9 Å². The third-order valence-corrected chi connectivity index (χ3v) is 8.17. The molecule has 1 atom stereocenters. The van der Waals surface area contributed by atoms with Crippen LogP contribution < -0.4 is 4.72 Å². The molecule has 5 heteroatoms. The smallest absolute Gasteiger partial charge is 0.208 e. The van der Waals surface area contributed by atoms with E-state index in [9.17, 15) is 8.42 Å². The summed E-state index contributed by atoms with van der Waals surface area (Å²) < 4.78 is 28.2. The second kappa shape index (κ2) is 5.75. The lowest BCUT2D eigenvalue weighted by atomic mass is 9.51. The van der Waals surface area contributed by atoms with Gasteiger partial charge in [-0.25, -0.2) is 13.1 Å². The molecule has 0 spiro atoms. The van der Waals surface area contributed by atoms with E-state index in [1.165, 1.54) is 32.1 Å². The van der Waals surface area contributed by atoms with E-state index < -0.39 is 10.0 Å². The molecule has 126 valence electrons. The second-order valence-corrected chi connectivity index (χ2v) is 10.0. The quantitative estimate of drug-likeness (QED) is 0.886. The van der Waals surface area contributed by atoms with Crippen molar-refractivity contribution in [1.82, 2.24) is 4.72 Å². The third kappa shape index (κ3) is 2.94. The Labute approximate surface area is 143 Å². The summed E-state index contributed by atoms with van der Waals surface area (Å²) in [5.41, 5.74) is 0. The number of halogens is 1. The van der Waals surface area contributed by atoms with Gasteiger partial charge in [0.25, 0.3) is 0 Å². The van der Waals surface area contributed by atoms with E-state index in [0.29, 0.717) is 27.7 Å². The summed E-state index contributed by atoms with van der Waals surface area (Å²) in [6.45, 7) is 2.06. The standard InChI is InChI=1S/C18H24ClNO2S/c1-11(20-23(21,22)17-4-2-16(19)3-5-17)18-14-7-12-6-13(9-14)10-15(18)8-12/h2-5,11-15,18,20H,6-10H2,1H3/t11-,12?,13?,14?,15?,18?/m1/s1.